The van der Waals surface area contributed by atoms with Gasteiger partial charge >= 0.3 is 0 Å². The molecule has 2 aliphatic heterocycles. The highest BCUT2D eigenvalue weighted by Gasteiger charge is 2.42. The van der Waals surface area contributed by atoms with E-state index in [2.05, 4.69) is 5.32 Å². The molecule has 0 radical (unpaired) electrons. The molecule has 2 fully saturated rings. The minimum atomic E-state index is -0.595. The number of nitrogens with one attached hydrogen (secondary N) is 1. The Kier molecular flexibility index (Phi) is 5.66. The molecule has 0 spiro atoms. The second kappa shape index (κ2) is 6.54. The smallest absolute Gasteiger partial charge is 0.255 e. The number of methoxy groups -OCH3 is 1. The second-order valence-electron chi connectivity index (χ2n) is 4.35. The van der Waals surface area contributed by atoms with E-state index < -0.39 is 5.60 Å². The summed E-state index contributed by atoms with van der Waals surface area (Å²) >= 11 is 0. The Morgan fingerprint density at radius 3 is 2.41 bits per heavy atom. The molecule has 0 bridgehead atoms. The van der Waals surface area contributed by atoms with Crippen molar-refractivity contribution in [3.05, 3.63) is 0 Å². The first-order valence-electron chi connectivity index (χ1n) is 5.91. The van der Waals surface area contributed by atoms with Crippen molar-refractivity contribution in [1.29, 1.82) is 0 Å². The summed E-state index contributed by atoms with van der Waals surface area (Å²) in [6, 6.07) is 0. The largest absolute Gasteiger partial charge is 0.378 e. The van der Waals surface area contributed by atoms with Crippen LogP contribution in [0.15, 0.2) is 0 Å². The van der Waals surface area contributed by atoms with E-state index in [9.17, 15) is 4.79 Å². The maximum absolute atomic E-state index is 12.4. The van der Waals surface area contributed by atoms with Gasteiger partial charge in [-0.3, -0.25) is 4.79 Å². The zero-order valence-corrected chi connectivity index (χ0v) is 11.1. The van der Waals surface area contributed by atoms with E-state index in [-0.39, 0.29) is 18.3 Å². The van der Waals surface area contributed by atoms with Crippen LogP contribution in [-0.2, 0) is 14.3 Å². The van der Waals surface area contributed by atoms with Crippen LogP contribution in [0.5, 0.6) is 0 Å². The predicted molar refractivity (Wildman–Crippen MR) is 66.5 cm³/mol. The molecule has 6 heteroatoms. The summed E-state index contributed by atoms with van der Waals surface area (Å²) in [5.74, 6) is 0.139. The Labute approximate surface area is 108 Å². The molecule has 0 aliphatic carbocycles. The van der Waals surface area contributed by atoms with Crippen LogP contribution in [0.3, 0.4) is 0 Å². The molecule has 0 unspecified atom stereocenters. The summed E-state index contributed by atoms with van der Waals surface area (Å²) < 4.78 is 10.8. The summed E-state index contributed by atoms with van der Waals surface area (Å²) in [6.45, 7) is 4.37. The maximum Gasteiger partial charge on any atom is 0.255 e. The molecule has 2 rings (SSSR count). The number of piperidine rings is 1. The molecule has 2 heterocycles. The third-order valence-corrected chi connectivity index (χ3v) is 3.49. The Balaban J connectivity index is 0.00000144. The number of rotatable bonds is 2. The molecule has 0 aromatic heterocycles. The van der Waals surface area contributed by atoms with Crippen molar-refractivity contribution in [1.82, 2.24) is 10.2 Å². The topological polar surface area (TPSA) is 50.8 Å². The summed E-state index contributed by atoms with van der Waals surface area (Å²) in [7, 11) is 1.64. The highest BCUT2D eigenvalue weighted by Crippen LogP contribution is 2.25. The van der Waals surface area contributed by atoms with Gasteiger partial charge < -0.3 is 19.7 Å². The molecule has 5 nitrogen and oxygen atoms in total. The Bertz CT molecular complexity index is 251. The zero-order valence-electron chi connectivity index (χ0n) is 10.2. The van der Waals surface area contributed by atoms with Crippen LogP contribution in [0.25, 0.3) is 0 Å². The fourth-order valence-corrected chi connectivity index (χ4v) is 2.39. The van der Waals surface area contributed by atoms with Gasteiger partial charge in [0.2, 0.25) is 0 Å². The van der Waals surface area contributed by atoms with Crippen LogP contribution in [0.1, 0.15) is 12.8 Å². The SMILES string of the molecule is COC1(C(=O)N2CCOCC2)CCNCC1.Cl. The minimum Gasteiger partial charge on any atom is -0.378 e. The van der Waals surface area contributed by atoms with Gasteiger partial charge in [-0.2, -0.15) is 0 Å². The van der Waals surface area contributed by atoms with Gasteiger partial charge in [-0.05, 0) is 25.9 Å². The normalized spacial score (nSPS) is 23.9. The van der Waals surface area contributed by atoms with E-state index in [4.69, 9.17) is 9.47 Å². The molecule has 100 valence electrons. The minimum absolute atomic E-state index is 0. The molecule has 1 amide bonds. The molecule has 0 aromatic carbocycles. The summed E-state index contributed by atoms with van der Waals surface area (Å²) in [6.07, 6.45) is 1.53. The van der Waals surface area contributed by atoms with Gasteiger partial charge in [-0.1, -0.05) is 0 Å². The molecule has 0 saturated carbocycles. The monoisotopic (exact) mass is 264 g/mol. The van der Waals surface area contributed by atoms with Crippen molar-refractivity contribution in [2.24, 2.45) is 0 Å². The van der Waals surface area contributed by atoms with E-state index in [0.717, 1.165) is 25.9 Å². The first kappa shape index (κ1) is 14.7. The quantitative estimate of drug-likeness (QED) is 0.765. The molecular weight excluding hydrogens is 244 g/mol. The number of hydrogen-bond acceptors (Lipinski definition) is 4. The first-order chi connectivity index (χ1) is 7.78. The fourth-order valence-electron chi connectivity index (χ4n) is 2.39. The van der Waals surface area contributed by atoms with Crippen LogP contribution in [0, 0.1) is 0 Å². The highest BCUT2D eigenvalue weighted by atomic mass is 35.5. The van der Waals surface area contributed by atoms with E-state index in [1.807, 2.05) is 4.90 Å². The van der Waals surface area contributed by atoms with Crippen LogP contribution >= 0.6 is 12.4 Å². The fraction of sp³-hybridized carbons (Fsp3) is 0.909. The summed E-state index contributed by atoms with van der Waals surface area (Å²) in [5, 5.41) is 3.26. The molecule has 0 aromatic rings. The molecular formula is C11H21ClN2O3. The van der Waals surface area contributed by atoms with Crippen LogP contribution < -0.4 is 5.32 Å². The van der Waals surface area contributed by atoms with Crippen LogP contribution in [0.4, 0.5) is 0 Å². The van der Waals surface area contributed by atoms with Crippen LogP contribution in [0.2, 0.25) is 0 Å². The number of carbonyl (C=O) groups excluding carboxylic acids is 1. The van der Waals surface area contributed by atoms with E-state index in [1.165, 1.54) is 0 Å². The lowest BCUT2D eigenvalue weighted by molar-refractivity contribution is -0.162. The van der Waals surface area contributed by atoms with E-state index >= 15 is 0 Å². The second-order valence-corrected chi connectivity index (χ2v) is 4.35. The average molecular weight is 265 g/mol. The van der Waals surface area contributed by atoms with Crippen LogP contribution in [-0.4, -0.2) is 62.9 Å². The number of carbonyl (C=O) groups is 1. The van der Waals surface area contributed by atoms with Gasteiger partial charge in [0.05, 0.1) is 13.2 Å². The molecule has 17 heavy (non-hydrogen) atoms. The lowest BCUT2D eigenvalue weighted by Crippen LogP contribution is -2.57. The number of halogens is 1. The van der Waals surface area contributed by atoms with Crippen molar-refractivity contribution < 1.29 is 14.3 Å². The summed E-state index contributed by atoms with van der Waals surface area (Å²) in [4.78, 5) is 14.3. The third kappa shape index (κ3) is 3.10. The maximum atomic E-state index is 12.4. The number of nitrogens with zero attached hydrogens (tertiary/aromatic N) is 1. The number of amides is 1. The molecule has 1 N–H and O–H groups in total. The van der Waals surface area contributed by atoms with E-state index in [1.54, 1.807) is 7.11 Å². The van der Waals surface area contributed by atoms with Gasteiger partial charge in [-0.25, -0.2) is 0 Å². The first-order valence-corrected chi connectivity index (χ1v) is 5.91. The molecule has 0 atom stereocenters. The van der Waals surface area contributed by atoms with Gasteiger partial charge in [0.25, 0.3) is 5.91 Å². The molecule has 2 aliphatic rings. The Hall–Kier alpha value is -0.360. The third-order valence-electron chi connectivity index (χ3n) is 3.49. The zero-order chi connectivity index (χ0) is 11.4. The van der Waals surface area contributed by atoms with Crippen molar-refractivity contribution in [3.8, 4) is 0 Å². The van der Waals surface area contributed by atoms with Crippen molar-refractivity contribution >= 4 is 18.3 Å². The van der Waals surface area contributed by atoms with E-state index in [0.29, 0.717) is 26.3 Å². The standard InChI is InChI=1S/C11H20N2O3.ClH/c1-15-11(2-4-12-5-3-11)10(14)13-6-8-16-9-7-13;/h12H,2-9H2,1H3;1H. The van der Waals surface area contributed by atoms with Gasteiger partial charge in [0.15, 0.2) is 0 Å². The number of ether oxygens (including phenoxy) is 2. The van der Waals surface area contributed by atoms with Crippen molar-refractivity contribution in [3.63, 3.8) is 0 Å². The summed E-state index contributed by atoms with van der Waals surface area (Å²) in [5.41, 5.74) is -0.595. The predicted octanol–water partition coefficient (Wildman–Crippen LogP) is 0.0356. The number of hydrogen-bond donors (Lipinski definition) is 1. The van der Waals surface area contributed by atoms with Gasteiger partial charge in [0, 0.05) is 20.2 Å². The van der Waals surface area contributed by atoms with Crippen molar-refractivity contribution in [2.45, 2.75) is 18.4 Å². The highest BCUT2D eigenvalue weighted by molar-refractivity contribution is 5.85. The van der Waals surface area contributed by atoms with Gasteiger partial charge in [-0.15, -0.1) is 12.4 Å². The lowest BCUT2D eigenvalue weighted by Gasteiger charge is -2.40. The average Bonchev–Trinajstić information content (AvgIpc) is 2.39. The van der Waals surface area contributed by atoms with Crippen molar-refractivity contribution in [2.75, 3.05) is 46.5 Å². The lowest BCUT2D eigenvalue weighted by atomic mass is 9.90. The number of morpholine rings is 1. The van der Waals surface area contributed by atoms with Gasteiger partial charge in [0.1, 0.15) is 5.60 Å². The Morgan fingerprint density at radius 2 is 1.88 bits per heavy atom. The molecule has 2 saturated heterocycles. The Morgan fingerprint density at radius 1 is 1.29 bits per heavy atom.